The Morgan fingerprint density at radius 2 is 1.63 bits per heavy atom. The fourth-order valence-corrected chi connectivity index (χ4v) is 6.01. The maximum absolute atomic E-state index is 14.1. The summed E-state index contributed by atoms with van der Waals surface area (Å²) >= 11 is 0. The van der Waals surface area contributed by atoms with Crippen LogP contribution in [-0.4, -0.2) is 28.1 Å². The highest BCUT2D eigenvalue weighted by Gasteiger charge is 2.40. The Labute approximate surface area is 237 Å². The second-order valence-corrected chi connectivity index (χ2v) is 10.5. The molecule has 6 rings (SSSR count). The van der Waals surface area contributed by atoms with Gasteiger partial charge in [-0.15, -0.1) is 0 Å². The van der Waals surface area contributed by atoms with Gasteiger partial charge in [-0.2, -0.15) is 0 Å². The highest BCUT2D eigenvalue weighted by Crippen LogP contribution is 2.42. The van der Waals surface area contributed by atoms with Crippen molar-refractivity contribution in [1.29, 1.82) is 0 Å². The van der Waals surface area contributed by atoms with Crippen molar-refractivity contribution in [1.82, 2.24) is 4.57 Å². The molecule has 1 aromatic heterocycles. The number of amides is 1. The van der Waals surface area contributed by atoms with Crippen molar-refractivity contribution in [3.05, 3.63) is 135 Å². The van der Waals surface area contributed by atoms with Crippen LogP contribution in [0.4, 0.5) is 5.82 Å². The summed E-state index contributed by atoms with van der Waals surface area (Å²) < 4.78 is 1.26. The third-order valence-corrected chi connectivity index (χ3v) is 7.79. The minimum absolute atomic E-state index is 0.0776. The first-order valence-corrected chi connectivity index (χ1v) is 13.5. The summed E-state index contributed by atoms with van der Waals surface area (Å²) in [6, 6.07) is 30.3. The van der Waals surface area contributed by atoms with Crippen LogP contribution in [0.5, 0.6) is 0 Å². The highest BCUT2D eigenvalue weighted by molar-refractivity contribution is 5.99. The van der Waals surface area contributed by atoms with Gasteiger partial charge in [0.05, 0.1) is 6.54 Å². The molecule has 4 aromatic carbocycles. The summed E-state index contributed by atoms with van der Waals surface area (Å²) in [5, 5.41) is 12.3. The molecule has 5 aromatic rings. The van der Waals surface area contributed by atoms with Crippen molar-refractivity contribution in [3.63, 3.8) is 0 Å². The number of carboxylic acids is 1. The number of aliphatic carboxylic acids is 1. The molecule has 1 aliphatic heterocycles. The number of benzene rings is 4. The van der Waals surface area contributed by atoms with Gasteiger partial charge in [0.15, 0.2) is 6.04 Å². The molecule has 0 saturated carbocycles. The molecule has 1 unspecified atom stereocenters. The summed E-state index contributed by atoms with van der Waals surface area (Å²) in [4.78, 5) is 41.6. The lowest BCUT2D eigenvalue weighted by Crippen LogP contribution is -2.35. The van der Waals surface area contributed by atoms with Crippen LogP contribution >= 0.6 is 0 Å². The van der Waals surface area contributed by atoms with E-state index in [9.17, 15) is 19.5 Å². The number of fused-ring (bicyclic) bond motifs is 2. The van der Waals surface area contributed by atoms with Gasteiger partial charge in [0.2, 0.25) is 0 Å². The van der Waals surface area contributed by atoms with Crippen LogP contribution in [0.3, 0.4) is 0 Å². The molecular weight excluding hydrogens is 514 g/mol. The standard InChI is InChI=1S/C34H29N3O4/c1-21-9-7-15-25(17-21)29-27(18-24-14-8-13-23-12-5-6-16-26(23)24)30(31(35)38)33(39)37-28(34(40)41)20-36(32(29)37)19-22-10-3-2-4-11-22/h2-17,28H,18-20H2,1H3,(H2,35,38)(H,40,41). The molecule has 0 spiro atoms. The number of carbonyl (C=O) groups excluding carboxylic acids is 1. The zero-order valence-corrected chi connectivity index (χ0v) is 22.6. The number of hydrogen-bond donors (Lipinski definition) is 2. The molecule has 41 heavy (non-hydrogen) atoms. The molecule has 1 atom stereocenters. The number of anilines is 1. The molecule has 0 fully saturated rings. The predicted molar refractivity (Wildman–Crippen MR) is 160 cm³/mol. The van der Waals surface area contributed by atoms with Crippen LogP contribution in [0.2, 0.25) is 0 Å². The van der Waals surface area contributed by atoms with E-state index in [4.69, 9.17) is 5.73 Å². The lowest BCUT2D eigenvalue weighted by atomic mass is 9.89. The number of primary amides is 1. The number of nitrogens with zero attached hydrogens (tertiary/aromatic N) is 2. The molecule has 0 bridgehead atoms. The number of aryl methyl sites for hydroxylation is 1. The first-order chi connectivity index (χ1) is 19.8. The summed E-state index contributed by atoms with van der Waals surface area (Å²) in [5.74, 6) is -1.53. The van der Waals surface area contributed by atoms with Gasteiger partial charge >= 0.3 is 5.97 Å². The van der Waals surface area contributed by atoms with Crippen molar-refractivity contribution in [2.24, 2.45) is 5.73 Å². The fraction of sp³-hybridized carbons (Fsp3) is 0.147. The molecular formula is C34H29N3O4. The lowest BCUT2D eigenvalue weighted by Gasteiger charge is -2.25. The van der Waals surface area contributed by atoms with Crippen molar-refractivity contribution < 1.29 is 14.7 Å². The number of carboxylic acid groups (broad SMARTS) is 1. The fourth-order valence-electron chi connectivity index (χ4n) is 6.01. The second kappa shape index (κ2) is 10.4. The van der Waals surface area contributed by atoms with Crippen molar-refractivity contribution in [2.75, 3.05) is 11.4 Å². The summed E-state index contributed by atoms with van der Waals surface area (Å²) in [6.45, 7) is 2.45. The number of carbonyl (C=O) groups is 2. The molecule has 2 heterocycles. The van der Waals surface area contributed by atoms with Gasteiger partial charge in [0, 0.05) is 12.1 Å². The number of rotatable bonds is 7. The molecule has 7 nitrogen and oxygen atoms in total. The van der Waals surface area contributed by atoms with E-state index in [0.29, 0.717) is 23.5 Å². The van der Waals surface area contributed by atoms with E-state index in [1.54, 1.807) is 0 Å². The molecule has 7 heteroatoms. The molecule has 0 aliphatic carbocycles. The van der Waals surface area contributed by atoms with Gasteiger partial charge in [-0.1, -0.05) is 103 Å². The van der Waals surface area contributed by atoms with E-state index >= 15 is 0 Å². The van der Waals surface area contributed by atoms with Crippen LogP contribution in [0.1, 0.15) is 38.7 Å². The van der Waals surface area contributed by atoms with E-state index in [0.717, 1.165) is 33.0 Å². The van der Waals surface area contributed by atoms with E-state index in [2.05, 4.69) is 0 Å². The molecule has 1 aliphatic rings. The normalized spacial score (nSPS) is 14.3. The van der Waals surface area contributed by atoms with E-state index in [1.165, 1.54) is 4.57 Å². The maximum atomic E-state index is 14.1. The van der Waals surface area contributed by atoms with Gasteiger partial charge in [-0.3, -0.25) is 14.2 Å². The Balaban J connectivity index is 1.70. The van der Waals surface area contributed by atoms with Gasteiger partial charge < -0.3 is 15.7 Å². The van der Waals surface area contributed by atoms with E-state index in [1.807, 2.05) is 109 Å². The number of nitrogens with two attached hydrogens (primary N) is 1. The number of pyridine rings is 1. The number of aromatic nitrogens is 1. The minimum atomic E-state index is -1.17. The first-order valence-electron chi connectivity index (χ1n) is 13.5. The SMILES string of the molecule is Cc1cccc(-c2c(Cc3cccc4ccccc34)c(C(N)=O)c(=O)n3c2N(Cc2ccccc2)CC3C(=O)O)c1. The van der Waals surface area contributed by atoms with Crippen LogP contribution < -0.4 is 16.2 Å². The smallest absolute Gasteiger partial charge is 0.328 e. The molecule has 0 saturated heterocycles. The summed E-state index contributed by atoms with van der Waals surface area (Å²) in [7, 11) is 0. The Morgan fingerprint density at radius 1 is 0.927 bits per heavy atom. The zero-order valence-electron chi connectivity index (χ0n) is 22.6. The van der Waals surface area contributed by atoms with Gasteiger partial charge in [0.25, 0.3) is 11.5 Å². The zero-order chi connectivity index (χ0) is 28.7. The van der Waals surface area contributed by atoms with Crippen LogP contribution in [0.25, 0.3) is 21.9 Å². The van der Waals surface area contributed by atoms with Crippen molar-refractivity contribution in [2.45, 2.75) is 25.9 Å². The third-order valence-electron chi connectivity index (χ3n) is 7.79. The Hall–Kier alpha value is -5.17. The third kappa shape index (κ3) is 4.65. The lowest BCUT2D eigenvalue weighted by molar-refractivity contribution is -0.140. The topological polar surface area (TPSA) is 106 Å². The van der Waals surface area contributed by atoms with Crippen LogP contribution in [-0.2, 0) is 17.8 Å². The summed E-state index contributed by atoms with van der Waals surface area (Å²) in [5.41, 5.74) is 9.90. The Morgan fingerprint density at radius 3 is 2.37 bits per heavy atom. The summed E-state index contributed by atoms with van der Waals surface area (Å²) in [6.07, 6.45) is 0.267. The van der Waals surface area contributed by atoms with E-state index < -0.39 is 23.5 Å². The van der Waals surface area contributed by atoms with Crippen LogP contribution in [0.15, 0.2) is 102 Å². The average Bonchev–Trinajstić information content (AvgIpc) is 3.33. The molecule has 3 N–H and O–H groups in total. The maximum Gasteiger partial charge on any atom is 0.328 e. The highest BCUT2D eigenvalue weighted by atomic mass is 16.4. The molecule has 0 radical (unpaired) electrons. The molecule has 1 amide bonds. The quantitative estimate of drug-likeness (QED) is 0.289. The van der Waals surface area contributed by atoms with Gasteiger partial charge in [-0.25, -0.2) is 4.79 Å². The Bertz CT molecular complexity index is 1870. The average molecular weight is 544 g/mol. The Kier molecular flexibility index (Phi) is 6.63. The van der Waals surface area contributed by atoms with Crippen molar-refractivity contribution >= 4 is 28.5 Å². The largest absolute Gasteiger partial charge is 0.480 e. The second-order valence-electron chi connectivity index (χ2n) is 10.5. The van der Waals surface area contributed by atoms with Crippen LogP contribution in [0, 0.1) is 6.92 Å². The molecule has 204 valence electrons. The predicted octanol–water partition coefficient (Wildman–Crippen LogP) is 5.31. The van der Waals surface area contributed by atoms with Crippen molar-refractivity contribution in [3.8, 4) is 11.1 Å². The van der Waals surface area contributed by atoms with Gasteiger partial charge in [0.1, 0.15) is 11.4 Å². The van der Waals surface area contributed by atoms with Gasteiger partial charge in [-0.05, 0) is 46.4 Å². The number of hydrogen-bond acceptors (Lipinski definition) is 4. The monoisotopic (exact) mass is 543 g/mol. The minimum Gasteiger partial charge on any atom is -0.480 e. The first kappa shape index (κ1) is 26.1. The van der Waals surface area contributed by atoms with E-state index in [-0.39, 0.29) is 18.5 Å².